The van der Waals surface area contributed by atoms with Crippen LogP contribution in [0.5, 0.6) is 5.75 Å². The predicted molar refractivity (Wildman–Crippen MR) is 102 cm³/mol. The first-order valence-electron chi connectivity index (χ1n) is 8.99. The Bertz CT molecular complexity index is 696. The minimum absolute atomic E-state index is 0.0585. The Morgan fingerprint density at radius 3 is 2.80 bits per heavy atom. The Morgan fingerprint density at radius 2 is 2.08 bits per heavy atom. The van der Waals surface area contributed by atoms with E-state index in [0.717, 1.165) is 32.2 Å². The molecule has 0 aliphatic carbocycles. The van der Waals surface area contributed by atoms with E-state index in [2.05, 4.69) is 23.7 Å². The fourth-order valence-corrected chi connectivity index (χ4v) is 4.25. The zero-order valence-corrected chi connectivity index (χ0v) is 15.5. The molecule has 0 saturated carbocycles. The van der Waals surface area contributed by atoms with Crippen LogP contribution >= 0.6 is 11.3 Å². The van der Waals surface area contributed by atoms with Crippen molar-refractivity contribution in [3.63, 3.8) is 0 Å². The van der Waals surface area contributed by atoms with Crippen molar-refractivity contribution in [1.29, 1.82) is 0 Å². The summed E-state index contributed by atoms with van der Waals surface area (Å²) in [6.07, 6.45) is 5.24. The molecule has 1 aliphatic heterocycles. The largest absolute Gasteiger partial charge is 0.508 e. The average molecular weight is 359 g/mol. The molecule has 25 heavy (non-hydrogen) atoms. The first-order chi connectivity index (χ1) is 12.1. The summed E-state index contributed by atoms with van der Waals surface area (Å²) < 4.78 is 0. The average Bonchev–Trinajstić information content (AvgIpc) is 3.04. The number of aryl methyl sites for hydroxylation is 2. The van der Waals surface area contributed by atoms with Gasteiger partial charge in [-0.15, -0.1) is 11.3 Å². The Balaban J connectivity index is 1.55. The van der Waals surface area contributed by atoms with E-state index in [-0.39, 0.29) is 6.03 Å². The van der Waals surface area contributed by atoms with Gasteiger partial charge in [0, 0.05) is 17.5 Å². The molecule has 134 valence electrons. The fourth-order valence-electron chi connectivity index (χ4n) is 3.41. The predicted octanol–water partition coefficient (Wildman–Crippen LogP) is 4.46. The molecule has 0 bridgehead atoms. The van der Waals surface area contributed by atoms with Gasteiger partial charge in [0.25, 0.3) is 0 Å². The molecule has 1 aromatic heterocycles. The number of urea groups is 1. The summed E-state index contributed by atoms with van der Waals surface area (Å²) in [6.45, 7) is 3.54. The van der Waals surface area contributed by atoms with Crippen molar-refractivity contribution in [1.82, 2.24) is 10.2 Å². The molecule has 1 saturated heterocycles. The van der Waals surface area contributed by atoms with Gasteiger partial charge in [0.1, 0.15) is 5.75 Å². The molecule has 5 heteroatoms. The summed E-state index contributed by atoms with van der Waals surface area (Å²) in [6, 6.07) is 9.82. The number of phenolic OH excluding ortho intramolecular Hbond substituents is 1. The summed E-state index contributed by atoms with van der Waals surface area (Å²) in [5.74, 6) is 0.297. The van der Waals surface area contributed by atoms with Gasteiger partial charge in [-0.25, -0.2) is 4.79 Å². The smallest absolute Gasteiger partial charge is 0.317 e. The molecule has 1 aromatic carbocycles. The van der Waals surface area contributed by atoms with E-state index in [1.807, 2.05) is 17.0 Å². The highest BCUT2D eigenvalue weighted by molar-refractivity contribution is 7.10. The Morgan fingerprint density at radius 1 is 1.28 bits per heavy atom. The number of thiophene rings is 1. The van der Waals surface area contributed by atoms with E-state index in [9.17, 15) is 9.90 Å². The Labute approximate surface area is 153 Å². The van der Waals surface area contributed by atoms with E-state index < -0.39 is 0 Å². The van der Waals surface area contributed by atoms with Crippen molar-refractivity contribution in [3.8, 4) is 5.75 Å². The van der Waals surface area contributed by atoms with Gasteiger partial charge in [0.2, 0.25) is 0 Å². The number of hydrogen-bond donors (Lipinski definition) is 2. The lowest BCUT2D eigenvalue weighted by molar-refractivity contribution is 0.146. The molecule has 4 nitrogen and oxygen atoms in total. The van der Waals surface area contributed by atoms with Crippen molar-refractivity contribution in [2.45, 2.75) is 51.6 Å². The molecule has 0 unspecified atom stereocenters. The maximum absolute atomic E-state index is 12.7. The highest BCUT2D eigenvalue weighted by atomic mass is 32.1. The summed E-state index contributed by atoms with van der Waals surface area (Å²) >= 11 is 1.69. The Hall–Kier alpha value is -2.01. The van der Waals surface area contributed by atoms with E-state index >= 15 is 0 Å². The van der Waals surface area contributed by atoms with Crippen LogP contribution in [0.1, 0.15) is 41.7 Å². The second-order valence-electron chi connectivity index (χ2n) is 6.73. The molecule has 2 heterocycles. The molecular weight excluding hydrogens is 332 g/mol. The van der Waals surface area contributed by atoms with Crippen molar-refractivity contribution in [3.05, 3.63) is 51.7 Å². The number of amides is 2. The second-order valence-corrected chi connectivity index (χ2v) is 7.73. The summed E-state index contributed by atoms with van der Waals surface area (Å²) in [4.78, 5) is 15.9. The number of aromatic hydroxyl groups is 1. The molecule has 3 rings (SSSR count). The lowest BCUT2D eigenvalue weighted by Crippen LogP contribution is -2.48. The van der Waals surface area contributed by atoms with Crippen LogP contribution in [0, 0.1) is 6.92 Å². The normalized spacial score (nSPS) is 17.5. The van der Waals surface area contributed by atoms with Crippen LogP contribution in [0.2, 0.25) is 0 Å². The zero-order valence-electron chi connectivity index (χ0n) is 14.7. The number of rotatable bonds is 5. The quantitative estimate of drug-likeness (QED) is 0.829. The molecular formula is C20H26N2O2S. The minimum Gasteiger partial charge on any atom is -0.508 e. The first kappa shape index (κ1) is 17.8. The molecule has 2 N–H and O–H groups in total. The number of nitrogens with one attached hydrogen (secondary N) is 1. The lowest BCUT2D eigenvalue weighted by atomic mass is 9.96. The third-order valence-electron chi connectivity index (χ3n) is 4.96. The van der Waals surface area contributed by atoms with Gasteiger partial charge in [0.15, 0.2) is 0 Å². The highest BCUT2D eigenvalue weighted by Crippen LogP contribution is 2.22. The van der Waals surface area contributed by atoms with Crippen LogP contribution in [0.4, 0.5) is 4.79 Å². The van der Waals surface area contributed by atoms with E-state index in [4.69, 9.17) is 0 Å². The zero-order chi connectivity index (χ0) is 17.6. The van der Waals surface area contributed by atoms with Gasteiger partial charge in [-0.05, 0) is 73.7 Å². The van der Waals surface area contributed by atoms with Gasteiger partial charge < -0.3 is 15.3 Å². The van der Waals surface area contributed by atoms with Gasteiger partial charge in [-0.2, -0.15) is 0 Å². The van der Waals surface area contributed by atoms with Gasteiger partial charge >= 0.3 is 6.03 Å². The third-order valence-corrected chi connectivity index (χ3v) is 5.98. The van der Waals surface area contributed by atoms with Crippen LogP contribution in [-0.4, -0.2) is 28.6 Å². The number of benzene rings is 1. The summed E-state index contributed by atoms with van der Waals surface area (Å²) in [5, 5.41) is 14.5. The second kappa shape index (κ2) is 8.39. The molecule has 1 atom stereocenters. The Kier molecular flexibility index (Phi) is 5.97. The first-order valence-corrected chi connectivity index (χ1v) is 9.87. The van der Waals surface area contributed by atoms with E-state index in [1.165, 1.54) is 22.4 Å². The molecule has 0 spiro atoms. The number of hydrogen-bond acceptors (Lipinski definition) is 3. The summed E-state index contributed by atoms with van der Waals surface area (Å²) in [7, 11) is 0. The SMILES string of the molecule is Cc1ccsc1CNC(=O)N1CCCC[C@H]1CCc1ccc(O)cc1. The molecule has 2 amide bonds. The number of nitrogens with zero attached hydrogens (tertiary/aromatic N) is 1. The monoisotopic (exact) mass is 358 g/mol. The van der Waals surface area contributed by atoms with Crippen molar-refractivity contribution in [2.24, 2.45) is 0 Å². The minimum atomic E-state index is 0.0585. The molecule has 0 radical (unpaired) electrons. The third kappa shape index (κ3) is 4.75. The fraction of sp³-hybridized carbons (Fsp3) is 0.450. The maximum atomic E-state index is 12.7. The number of piperidine rings is 1. The van der Waals surface area contributed by atoms with Crippen LogP contribution in [0.3, 0.4) is 0 Å². The van der Waals surface area contributed by atoms with Crippen LogP contribution in [0.25, 0.3) is 0 Å². The van der Waals surface area contributed by atoms with Crippen molar-refractivity contribution >= 4 is 17.4 Å². The van der Waals surface area contributed by atoms with Crippen LogP contribution < -0.4 is 5.32 Å². The van der Waals surface area contributed by atoms with E-state index in [0.29, 0.717) is 18.3 Å². The highest BCUT2D eigenvalue weighted by Gasteiger charge is 2.26. The number of phenols is 1. The number of likely N-dealkylation sites (tertiary alicyclic amines) is 1. The maximum Gasteiger partial charge on any atom is 0.317 e. The van der Waals surface area contributed by atoms with Crippen LogP contribution in [-0.2, 0) is 13.0 Å². The lowest BCUT2D eigenvalue weighted by Gasteiger charge is -2.36. The van der Waals surface area contributed by atoms with Crippen molar-refractivity contribution in [2.75, 3.05) is 6.54 Å². The van der Waals surface area contributed by atoms with E-state index in [1.54, 1.807) is 23.5 Å². The number of carbonyl (C=O) groups is 1. The number of carbonyl (C=O) groups excluding carboxylic acids is 1. The standard InChI is InChI=1S/C20H26N2O2S/c1-15-11-13-25-19(15)14-21-20(24)22-12-3-2-4-17(22)8-5-16-6-9-18(23)10-7-16/h6-7,9-11,13,17,23H,2-5,8,12,14H2,1H3,(H,21,24)/t17-/m0/s1. The molecule has 2 aromatic rings. The van der Waals surface area contributed by atoms with Gasteiger partial charge in [0.05, 0.1) is 6.54 Å². The van der Waals surface area contributed by atoms with Crippen molar-refractivity contribution < 1.29 is 9.90 Å². The molecule has 1 fully saturated rings. The summed E-state index contributed by atoms with van der Waals surface area (Å²) in [5.41, 5.74) is 2.45. The van der Waals surface area contributed by atoms with Gasteiger partial charge in [-0.1, -0.05) is 12.1 Å². The van der Waals surface area contributed by atoms with Crippen LogP contribution in [0.15, 0.2) is 35.7 Å². The van der Waals surface area contributed by atoms with Gasteiger partial charge in [-0.3, -0.25) is 0 Å². The topological polar surface area (TPSA) is 52.6 Å². The molecule has 1 aliphatic rings.